The molecule has 0 bridgehead atoms. The maximum atomic E-state index is 11.3. The molecule has 0 aliphatic carbocycles. The SMILES string of the molecule is CS(=O)(=O)CCS(=O)(=O)NCCCCC(=N)N. The van der Waals surface area contributed by atoms with Crippen molar-refractivity contribution in [2.75, 3.05) is 24.3 Å². The summed E-state index contributed by atoms with van der Waals surface area (Å²) in [5.41, 5.74) is 5.13. The predicted molar refractivity (Wildman–Crippen MR) is 67.3 cm³/mol. The van der Waals surface area contributed by atoms with E-state index < -0.39 is 25.6 Å². The summed E-state index contributed by atoms with van der Waals surface area (Å²) >= 11 is 0. The molecule has 0 heterocycles. The third-order valence-electron chi connectivity index (χ3n) is 1.92. The number of sulfonamides is 1. The van der Waals surface area contributed by atoms with Crippen LogP contribution in [0.1, 0.15) is 19.3 Å². The lowest BCUT2D eigenvalue weighted by molar-refractivity contribution is 0.575. The van der Waals surface area contributed by atoms with Crippen LogP contribution in [0.4, 0.5) is 0 Å². The molecule has 0 amide bonds. The summed E-state index contributed by atoms with van der Waals surface area (Å²) in [7, 11) is -6.80. The van der Waals surface area contributed by atoms with Crippen molar-refractivity contribution in [3.05, 3.63) is 0 Å². The average molecular weight is 285 g/mol. The molecule has 17 heavy (non-hydrogen) atoms. The molecular weight excluding hydrogens is 266 g/mol. The monoisotopic (exact) mass is 285 g/mol. The van der Waals surface area contributed by atoms with Crippen LogP contribution in [-0.4, -0.2) is 47.0 Å². The van der Waals surface area contributed by atoms with Crippen LogP contribution < -0.4 is 10.5 Å². The molecule has 0 aromatic rings. The summed E-state index contributed by atoms with van der Waals surface area (Å²) in [6, 6.07) is 0. The Hall–Kier alpha value is -0.670. The van der Waals surface area contributed by atoms with Crippen molar-refractivity contribution in [3.8, 4) is 0 Å². The lowest BCUT2D eigenvalue weighted by Gasteiger charge is -2.05. The Bertz CT molecular complexity index is 441. The minimum absolute atomic E-state index is 0.0740. The van der Waals surface area contributed by atoms with E-state index in [1.807, 2.05) is 0 Å². The Morgan fingerprint density at radius 1 is 1.18 bits per heavy atom. The zero-order valence-electron chi connectivity index (χ0n) is 9.77. The van der Waals surface area contributed by atoms with Gasteiger partial charge in [0.25, 0.3) is 0 Å². The van der Waals surface area contributed by atoms with E-state index in [0.29, 0.717) is 19.3 Å². The van der Waals surface area contributed by atoms with Crippen molar-refractivity contribution in [1.82, 2.24) is 4.72 Å². The summed E-state index contributed by atoms with van der Waals surface area (Å²) in [5.74, 6) is -0.723. The molecule has 0 saturated heterocycles. The summed E-state index contributed by atoms with van der Waals surface area (Å²) in [6.45, 7) is 0.235. The van der Waals surface area contributed by atoms with Crippen LogP contribution in [0.3, 0.4) is 0 Å². The number of hydrogen-bond acceptors (Lipinski definition) is 5. The zero-order valence-corrected chi connectivity index (χ0v) is 11.4. The van der Waals surface area contributed by atoms with Gasteiger partial charge in [-0.2, -0.15) is 0 Å². The van der Waals surface area contributed by atoms with Gasteiger partial charge in [0.2, 0.25) is 10.0 Å². The molecule has 0 rings (SSSR count). The highest BCUT2D eigenvalue weighted by atomic mass is 32.2. The third-order valence-corrected chi connectivity index (χ3v) is 4.51. The first-order valence-corrected chi connectivity index (χ1v) is 8.81. The van der Waals surface area contributed by atoms with E-state index in [0.717, 1.165) is 6.26 Å². The van der Waals surface area contributed by atoms with Crippen molar-refractivity contribution in [2.45, 2.75) is 19.3 Å². The second-order valence-corrected chi connectivity index (χ2v) is 8.01. The van der Waals surface area contributed by atoms with Crippen LogP contribution in [-0.2, 0) is 19.9 Å². The van der Waals surface area contributed by atoms with Crippen molar-refractivity contribution < 1.29 is 16.8 Å². The van der Waals surface area contributed by atoms with Crippen LogP contribution in [0.2, 0.25) is 0 Å². The lowest BCUT2D eigenvalue weighted by atomic mass is 10.2. The van der Waals surface area contributed by atoms with Gasteiger partial charge < -0.3 is 5.73 Å². The number of nitrogens with one attached hydrogen (secondary N) is 2. The second kappa shape index (κ2) is 6.92. The van der Waals surface area contributed by atoms with Gasteiger partial charge in [0.15, 0.2) is 0 Å². The van der Waals surface area contributed by atoms with E-state index in [4.69, 9.17) is 11.1 Å². The van der Waals surface area contributed by atoms with Gasteiger partial charge in [-0.05, 0) is 12.8 Å². The molecule has 9 heteroatoms. The zero-order chi connectivity index (χ0) is 13.5. The van der Waals surface area contributed by atoms with E-state index >= 15 is 0 Å². The quantitative estimate of drug-likeness (QED) is 0.286. The van der Waals surface area contributed by atoms with E-state index in [9.17, 15) is 16.8 Å². The normalized spacial score (nSPS) is 12.5. The number of amidine groups is 1. The predicted octanol–water partition coefficient (Wildman–Crippen LogP) is -0.943. The maximum absolute atomic E-state index is 11.3. The summed E-state index contributed by atoms with van der Waals surface area (Å²) < 4.78 is 46.6. The van der Waals surface area contributed by atoms with Crippen LogP contribution in [0.15, 0.2) is 0 Å². The highest BCUT2D eigenvalue weighted by molar-refractivity contribution is 7.93. The van der Waals surface area contributed by atoms with Crippen LogP contribution in [0.5, 0.6) is 0 Å². The topological polar surface area (TPSA) is 130 Å². The summed E-state index contributed by atoms with van der Waals surface area (Å²) in [6.07, 6.45) is 2.63. The molecule has 0 saturated carbocycles. The summed E-state index contributed by atoms with van der Waals surface area (Å²) in [4.78, 5) is 0. The van der Waals surface area contributed by atoms with Gasteiger partial charge in [-0.1, -0.05) is 0 Å². The number of hydrogen-bond donors (Lipinski definition) is 3. The Morgan fingerprint density at radius 3 is 2.24 bits per heavy atom. The molecule has 0 radical (unpaired) electrons. The van der Waals surface area contributed by atoms with E-state index in [1.165, 1.54) is 0 Å². The Balaban J connectivity index is 3.83. The second-order valence-electron chi connectivity index (χ2n) is 3.83. The fourth-order valence-electron chi connectivity index (χ4n) is 1.00. The summed E-state index contributed by atoms with van der Waals surface area (Å²) in [5, 5.41) is 6.96. The van der Waals surface area contributed by atoms with Crippen molar-refractivity contribution in [2.24, 2.45) is 5.73 Å². The average Bonchev–Trinajstić information content (AvgIpc) is 2.13. The number of rotatable bonds is 9. The van der Waals surface area contributed by atoms with Crippen LogP contribution in [0, 0.1) is 5.41 Å². The fraction of sp³-hybridized carbons (Fsp3) is 0.875. The molecule has 4 N–H and O–H groups in total. The molecule has 0 aromatic carbocycles. The molecule has 102 valence electrons. The van der Waals surface area contributed by atoms with Crippen molar-refractivity contribution in [1.29, 1.82) is 5.41 Å². The first-order valence-electron chi connectivity index (χ1n) is 5.10. The highest BCUT2D eigenvalue weighted by Crippen LogP contribution is 1.95. The maximum Gasteiger partial charge on any atom is 0.212 e. The Morgan fingerprint density at radius 2 is 1.76 bits per heavy atom. The number of nitrogens with two attached hydrogens (primary N) is 1. The molecule has 0 unspecified atom stereocenters. The van der Waals surface area contributed by atoms with E-state index in [2.05, 4.69) is 4.72 Å². The van der Waals surface area contributed by atoms with E-state index in [-0.39, 0.29) is 18.1 Å². The van der Waals surface area contributed by atoms with Crippen LogP contribution in [0.25, 0.3) is 0 Å². The first kappa shape index (κ1) is 16.3. The third kappa shape index (κ3) is 11.6. The molecule has 0 aromatic heterocycles. The minimum Gasteiger partial charge on any atom is -0.388 e. The largest absolute Gasteiger partial charge is 0.388 e. The van der Waals surface area contributed by atoms with Crippen molar-refractivity contribution in [3.63, 3.8) is 0 Å². The van der Waals surface area contributed by atoms with Gasteiger partial charge in [0.05, 0.1) is 17.3 Å². The smallest absolute Gasteiger partial charge is 0.212 e. The number of sulfone groups is 1. The van der Waals surface area contributed by atoms with Gasteiger partial charge in [-0.15, -0.1) is 0 Å². The Kier molecular flexibility index (Phi) is 6.65. The van der Waals surface area contributed by atoms with Gasteiger partial charge >= 0.3 is 0 Å². The van der Waals surface area contributed by atoms with Gasteiger partial charge in [0.1, 0.15) is 9.84 Å². The number of unbranched alkanes of at least 4 members (excludes halogenated alkanes) is 1. The standard InChI is InChI=1S/C8H19N3O4S2/c1-16(12,13)6-7-17(14,15)11-5-3-2-4-8(9)10/h11H,2-7H2,1H3,(H3,9,10). The van der Waals surface area contributed by atoms with Crippen molar-refractivity contribution >= 4 is 25.7 Å². The lowest BCUT2D eigenvalue weighted by Crippen LogP contribution is -2.30. The molecule has 0 spiro atoms. The molecule has 0 atom stereocenters. The Labute approximate surface area is 102 Å². The molecule has 0 fully saturated rings. The van der Waals surface area contributed by atoms with Gasteiger partial charge in [-0.3, -0.25) is 5.41 Å². The molecule has 0 aliphatic heterocycles. The first-order chi connectivity index (χ1) is 7.62. The highest BCUT2D eigenvalue weighted by Gasteiger charge is 2.13. The molecular formula is C8H19N3O4S2. The minimum atomic E-state index is -3.53. The fourth-order valence-corrected chi connectivity index (χ4v) is 3.69. The van der Waals surface area contributed by atoms with Gasteiger partial charge in [0, 0.05) is 19.2 Å². The van der Waals surface area contributed by atoms with Gasteiger partial charge in [-0.25, -0.2) is 21.6 Å². The van der Waals surface area contributed by atoms with E-state index in [1.54, 1.807) is 0 Å². The molecule has 7 nitrogen and oxygen atoms in total. The molecule has 0 aliphatic rings. The van der Waals surface area contributed by atoms with Crippen LogP contribution >= 0.6 is 0 Å².